The monoisotopic (exact) mass is 245 g/mol. The third-order valence-corrected chi connectivity index (χ3v) is 2.85. The summed E-state index contributed by atoms with van der Waals surface area (Å²) in [5, 5.41) is 12.7. The first-order valence-corrected chi connectivity index (χ1v) is 6.00. The molecule has 0 fully saturated rings. The Hall–Kier alpha value is -2.03. The maximum atomic E-state index is 13.2. The van der Waals surface area contributed by atoms with Crippen molar-refractivity contribution in [1.29, 1.82) is 0 Å². The fraction of sp³-hybridized carbons (Fsp3) is 0.200. The lowest BCUT2D eigenvalue weighted by Gasteiger charge is -2.19. The highest BCUT2D eigenvalue weighted by atomic mass is 19.1. The molecule has 2 nitrogen and oxygen atoms in total. The molecule has 2 N–H and O–H groups in total. The molecule has 1 atom stereocenters. The largest absolute Gasteiger partial charge is 0.508 e. The van der Waals surface area contributed by atoms with E-state index in [1.807, 2.05) is 19.1 Å². The Balaban J connectivity index is 2.19. The van der Waals surface area contributed by atoms with E-state index in [9.17, 15) is 9.50 Å². The zero-order valence-electron chi connectivity index (χ0n) is 10.2. The number of hydrogen-bond donors (Lipinski definition) is 2. The smallest absolute Gasteiger partial charge is 0.123 e. The number of phenols is 1. The van der Waals surface area contributed by atoms with Gasteiger partial charge in [0.1, 0.15) is 11.6 Å². The fourth-order valence-corrected chi connectivity index (χ4v) is 1.94. The molecule has 1 unspecified atom stereocenters. The van der Waals surface area contributed by atoms with E-state index in [0.717, 1.165) is 17.7 Å². The third-order valence-electron chi connectivity index (χ3n) is 2.85. The van der Waals surface area contributed by atoms with Gasteiger partial charge in [-0.15, -0.1) is 0 Å². The molecule has 0 aliphatic carbocycles. The molecule has 0 saturated heterocycles. The number of rotatable bonds is 4. The van der Waals surface area contributed by atoms with Crippen molar-refractivity contribution in [2.45, 2.75) is 19.4 Å². The van der Waals surface area contributed by atoms with Gasteiger partial charge < -0.3 is 10.4 Å². The molecular weight excluding hydrogens is 229 g/mol. The highest BCUT2D eigenvalue weighted by molar-refractivity contribution is 5.49. The SMILES string of the molecule is CCC(Nc1cccc(O)c1)c1cccc(F)c1. The maximum absolute atomic E-state index is 13.2. The Bertz CT molecular complexity index is 527. The van der Waals surface area contributed by atoms with Gasteiger partial charge >= 0.3 is 0 Å². The minimum atomic E-state index is -0.233. The Morgan fingerprint density at radius 1 is 1.17 bits per heavy atom. The molecule has 2 aromatic carbocycles. The van der Waals surface area contributed by atoms with Crippen LogP contribution in [0.25, 0.3) is 0 Å². The van der Waals surface area contributed by atoms with Gasteiger partial charge in [0.25, 0.3) is 0 Å². The van der Waals surface area contributed by atoms with E-state index in [0.29, 0.717) is 0 Å². The van der Waals surface area contributed by atoms with E-state index >= 15 is 0 Å². The molecule has 0 bridgehead atoms. The number of aromatic hydroxyl groups is 1. The van der Waals surface area contributed by atoms with Crippen LogP contribution in [0.4, 0.5) is 10.1 Å². The van der Waals surface area contributed by atoms with E-state index in [-0.39, 0.29) is 17.6 Å². The summed E-state index contributed by atoms with van der Waals surface area (Å²) in [7, 11) is 0. The average molecular weight is 245 g/mol. The zero-order chi connectivity index (χ0) is 13.0. The van der Waals surface area contributed by atoms with Crippen LogP contribution in [0.15, 0.2) is 48.5 Å². The van der Waals surface area contributed by atoms with Crippen LogP contribution >= 0.6 is 0 Å². The van der Waals surface area contributed by atoms with Crippen molar-refractivity contribution in [3.8, 4) is 5.75 Å². The van der Waals surface area contributed by atoms with Crippen molar-refractivity contribution in [1.82, 2.24) is 0 Å². The van der Waals surface area contributed by atoms with Gasteiger partial charge in [0.15, 0.2) is 0 Å². The van der Waals surface area contributed by atoms with Crippen LogP contribution in [0.1, 0.15) is 24.9 Å². The van der Waals surface area contributed by atoms with Crippen molar-refractivity contribution in [3.63, 3.8) is 0 Å². The second kappa shape index (κ2) is 5.54. The van der Waals surface area contributed by atoms with E-state index in [1.165, 1.54) is 12.1 Å². The Labute approximate surface area is 106 Å². The van der Waals surface area contributed by atoms with Gasteiger partial charge in [-0.25, -0.2) is 4.39 Å². The quantitative estimate of drug-likeness (QED) is 0.850. The van der Waals surface area contributed by atoms with E-state index in [4.69, 9.17) is 0 Å². The van der Waals surface area contributed by atoms with Gasteiger partial charge in [-0.05, 0) is 36.2 Å². The highest BCUT2D eigenvalue weighted by Crippen LogP contribution is 2.24. The summed E-state index contributed by atoms with van der Waals surface area (Å²) < 4.78 is 13.2. The standard InChI is InChI=1S/C15H16FNO/c1-2-15(11-5-3-6-12(16)9-11)17-13-7-4-8-14(18)10-13/h3-10,15,17-18H,2H2,1H3. The topological polar surface area (TPSA) is 32.3 Å². The van der Waals surface area contributed by atoms with Crippen LogP contribution in [-0.2, 0) is 0 Å². The molecule has 0 heterocycles. The molecule has 0 aliphatic rings. The second-order valence-corrected chi connectivity index (χ2v) is 4.21. The van der Waals surface area contributed by atoms with Crippen molar-refractivity contribution in [2.75, 3.05) is 5.32 Å². The summed E-state index contributed by atoms with van der Waals surface area (Å²) in [5.41, 5.74) is 1.73. The number of halogens is 1. The third kappa shape index (κ3) is 3.00. The molecule has 2 aromatic rings. The lowest BCUT2D eigenvalue weighted by Crippen LogP contribution is -2.09. The molecule has 0 radical (unpaired) electrons. The van der Waals surface area contributed by atoms with Gasteiger partial charge in [0.05, 0.1) is 6.04 Å². The van der Waals surface area contributed by atoms with Gasteiger partial charge in [0.2, 0.25) is 0 Å². The van der Waals surface area contributed by atoms with Gasteiger partial charge in [-0.2, -0.15) is 0 Å². The Morgan fingerprint density at radius 2 is 1.94 bits per heavy atom. The minimum absolute atomic E-state index is 0.0301. The molecule has 0 aromatic heterocycles. The van der Waals surface area contributed by atoms with Crippen LogP contribution < -0.4 is 5.32 Å². The van der Waals surface area contributed by atoms with Crippen LogP contribution in [0.5, 0.6) is 5.75 Å². The van der Waals surface area contributed by atoms with Crippen molar-refractivity contribution < 1.29 is 9.50 Å². The van der Waals surface area contributed by atoms with Gasteiger partial charge in [-0.1, -0.05) is 25.1 Å². The van der Waals surface area contributed by atoms with Gasteiger partial charge in [-0.3, -0.25) is 0 Å². The van der Waals surface area contributed by atoms with E-state index in [2.05, 4.69) is 5.32 Å². The second-order valence-electron chi connectivity index (χ2n) is 4.21. The first kappa shape index (κ1) is 12.4. The molecule has 0 amide bonds. The number of hydrogen-bond acceptors (Lipinski definition) is 2. The van der Waals surface area contributed by atoms with Crippen LogP contribution in [0.2, 0.25) is 0 Å². The molecule has 0 spiro atoms. The van der Waals surface area contributed by atoms with Gasteiger partial charge in [0, 0.05) is 11.8 Å². The molecule has 0 aliphatic heterocycles. The summed E-state index contributed by atoms with van der Waals surface area (Å²) in [6.07, 6.45) is 0.832. The normalized spacial score (nSPS) is 12.1. The summed E-state index contributed by atoms with van der Waals surface area (Å²) in [6.45, 7) is 2.03. The van der Waals surface area contributed by atoms with E-state index < -0.39 is 0 Å². The van der Waals surface area contributed by atoms with Crippen molar-refractivity contribution in [2.24, 2.45) is 0 Å². The number of phenolic OH excluding ortho intramolecular Hbond substituents is 1. The predicted molar refractivity (Wildman–Crippen MR) is 71.2 cm³/mol. The minimum Gasteiger partial charge on any atom is -0.508 e. The summed E-state index contributed by atoms with van der Waals surface area (Å²) >= 11 is 0. The Morgan fingerprint density at radius 3 is 2.61 bits per heavy atom. The lowest BCUT2D eigenvalue weighted by atomic mass is 10.0. The van der Waals surface area contributed by atoms with Crippen LogP contribution in [-0.4, -0.2) is 5.11 Å². The summed E-state index contributed by atoms with van der Waals surface area (Å²) in [4.78, 5) is 0. The fourth-order valence-electron chi connectivity index (χ4n) is 1.94. The number of benzene rings is 2. The van der Waals surface area contributed by atoms with E-state index in [1.54, 1.807) is 24.3 Å². The van der Waals surface area contributed by atoms with Crippen LogP contribution in [0.3, 0.4) is 0 Å². The molecular formula is C15H16FNO. The number of anilines is 1. The molecule has 3 heteroatoms. The first-order valence-electron chi connectivity index (χ1n) is 6.00. The molecule has 94 valence electrons. The van der Waals surface area contributed by atoms with Crippen molar-refractivity contribution in [3.05, 3.63) is 59.9 Å². The summed E-state index contributed by atoms with van der Waals surface area (Å²) in [5.74, 6) is -0.0160. The lowest BCUT2D eigenvalue weighted by molar-refractivity contribution is 0.475. The molecule has 0 saturated carbocycles. The molecule has 18 heavy (non-hydrogen) atoms. The van der Waals surface area contributed by atoms with Crippen LogP contribution in [0, 0.1) is 5.82 Å². The first-order chi connectivity index (χ1) is 8.69. The maximum Gasteiger partial charge on any atom is 0.123 e. The number of nitrogens with one attached hydrogen (secondary N) is 1. The van der Waals surface area contributed by atoms with Crippen molar-refractivity contribution >= 4 is 5.69 Å². The highest BCUT2D eigenvalue weighted by Gasteiger charge is 2.09. The molecule has 2 rings (SSSR count). The predicted octanol–water partition coefficient (Wildman–Crippen LogP) is 4.09. The Kier molecular flexibility index (Phi) is 3.82. The average Bonchev–Trinajstić information content (AvgIpc) is 2.36. The summed E-state index contributed by atoms with van der Waals surface area (Å²) in [6, 6.07) is 13.5. The zero-order valence-corrected chi connectivity index (χ0v) is 10.2.